The monoisotopic (exact) mass is 652 g/mol. The summed E-state index contributed by atoms with van der Waals surface area (Å²) in [5, 5.41) is 15.9. The van der Waals surface area contributed by atoms with E-state index in [1.165, 1.54) is 48.7 Å². The molecule has 0 atom stereocenters. The van der Waals surface area contributed by atoms with Crippen molar-refractivity contribution in [2.75, 3.05) is 26.2 Å². The number of nitrogens with zero attached hydrogens (tertiary/aromatic N) is 3. The van der Waals surface area contributed by atoms with Gasteiger partial charge >= 0.3 is 0 Å². The normalized spacial score (nSPS) is 18.0. The molecule has 2 aromatic heterocycles. The van der Waals surface area contributed by atoms with Gasteiger partial charge in [0.15, 0.2) is 0 Å². The van der Waals surface area contributed by atoms with Gasteiger partial charge in [-0.05, 0) is 73.6 Å². The minimum Gasteiger partial charge on any atom is -0.549 e. The Morgan fingerprint density at radius 2 is 1.74 bits per heavy atom. The number of likely N-dealkylation sites (tertiary alicyclic amines) is 1. The van der Waals surface area contributed by atoms with Crippen LogP contribution in [0.15, 0.2) is 66.7 Å². The topological polar surface area (TPSA) is 115 Å². The van der Waals surface area contributed by atoms with E-state index in [0.717, 1.165) is 27.9 Å². The van der Waals surface area contributed by atoms with Crippen LogP contribution in [0.1, 0.15) is 72.6 Å². The van der Waals surface area contributed by atoms with E-state index >= 15 is 0 Å². The van der Waals surface area contributed by atoms with Crippen molar-refractivity contribution in [3.63, 3.8) is 0 Å². The maximum Gasteiger partial charge on any atom is 0.252 e. The van der Waals surface area contributed by atoms with E-state index in [1.807, 2.05) is 47.4 Å². The molecule has 3 aliphatic rings. The second-order valence-corrected chi connectivity index (χ2v) is 13.1. The van der Waals surface area contributed by atoms with Crippen molar-refractivity contribution in [1.29, 1.82) is 0 Å². The Hall–Kier alpha value is -4.34. The Morgan fingerprint density at radius 3 is 2.53 bits per heavy atom. The number of aromatic amines is 1. The molecule has 1 amide bonds. The SMILES string of the molecule is Cl.O=C([O-])CN1CCC(NC(=O)c2ccc3c(C4CCCCC4)c4n(c3c2)CCOc2ccccc2-4)(c2nc3ccccc3[nH]2)CC1. The van der Waals surface area contributed by atoms with Crippen LogP contribution in [-0.4, -0.2) is 57.6 Å². The summed E-state index contributed by atoms with van der Waals surface area (Å²) in [4.78, 5) is 35.8. The molecule has 10 heteroatoms. The first-order chi connectivity index (χ1) is 22.5. The van der Waals surface area contributed by atoms with E-state index in [1.54, 1.807) is 0 Å². The summed E-state index contributed by atoms with van der Waals surface area (Å²) in [6, 6.07) is 22.3. The largest absolute Gasteiger partial charge is 0.549 e. The predicted molar refractivity (Wildman–Crippen MR) is 182 cm³/mol. The Balaban J connectivity index is 0.00000351. The van der Waals surface area contributed by atoms with Gasteiger partial charge in [-0.1, -0.05) is 49.6 Å². The standard InChI is InChI=1S/C37H39N5O4.ClH/c43-32(44)23-41-18-16-37(17-19-41,36-38-28-11-5-6-12-29(28)39-36)40-35(45)25-14-15-26-30(22-25)42-20-21-46-31-13-7-4-10-27(31)34(42)33(26)24-8-2-1-3-9-24;/h4-7,10-15,22,24H,1-3,8-9,16-21,23H2,(H,38,39)(H,40,45)(H,43,44);1H/p-1. The molecule has 2 fully saturated rings. The fourth-order valence-corrected chi connectivity index (χ4v) is 8.05. The van der Waals surface area contributed by atoms with Crippen LogP contribution in [-0.2, 0) is 16.9 Å². The Labute approximate surface area is 279 Å². The van der Waals surface area contributed by atoms with E-state index in [0.29, 0.717) is 56.4 Å². The number of halogens is 1. The van der Waals surface area contributed by atoms with E-state index in [2.05, 4.69) is 39.1 Å². The van der Waals surface area contributed by atoms with Crippen LogP contribution >= 0.6 is 12.4 Å². The minimum atomic E-state index is -1.10. The summed E-state index contributed by atoms with van der Waals surface area (Å²) < 4.78 is 8.59. The number of nitrogens with one attached hydrogen (secondary N) is 2. The second-order valence-electron chi connectivity index (χ2n) is 13.1. The van der Waals surface area contributed by atoms with Gasteiger partial charge in [0.2, 0.25) is 0 Å². The number of carbonyl (C=O) groups is 2. The van der Waals surface area contributed by atoms with Crippen molar-refractivity contribution in [1.82, 2.24) is 24.8 Å². The molecule has 3 aromatic carbocycles. The van der Waals surface area contributed by atoms with Gasteiger partial charge in [0.05, 0.1) is 29.2 Å². The fraction of sp³-hybridized carbons (Fsp3) is 0.378. The van der Waals surface area contributed by atoms with Gasteiger partial charge < -0.3 is 29.5 Å². The van der Waals surface area contributed by atoms with Crippen molar-refractivity contribution in [2.45, 2.75) is 62.9 Å². The summed E-state index contributed by atoms with van der Waals surface area (Å²) in [6.07, 6.45) is 7.15. The third-order valence-corrected chi connectivity index (χ3v) is 10.4. The number of para-hydroxylation sites is 3. The number of carboxylic acid groups (broad SMARTS) is 1. The molecule has 8 rings (SSSR count). The van der Waals surface area contributed by atoms with Gasteiger partial charge in [0.25, 0.3) is 5.91 Å². The molecule has 2 N–H and O–H groups in total. The average Bonchev–Trinajstić information content (AvgIpc) is 3.60. The van der Waals surface area contributed by atoms with Crippen LogP contribution in [0.4, 0.5) is 0 Å². The molecular formula is C37H39ClN5O4-. The first-order valence-electron chi connectivity index (χ1n) is 16.6. The number of hydrogen-bond donors (Lipinski definition) is 2. The molecule has 0 radical (unpaired) electrons. The third kappa shape index (κ3) is 5.65. The van der Waals surface area contributed by atoms with Gasteiger partial charge in [-0.25, -0.2) is 4.98 Å². The zero-order valence-electron chi connectivity index (χ0n) is 26.3. The highest BCUT2D eigenvalue weighted by molar-refractivity contribution is 6.01. The van der Waals surface area contributed by atoms with Crippen molar-refractivity contribution < 1.29 is 19.4 Å². The number of fused-ring (bicyclic) bond motifs is 6. The summed E-state index contributed by atoms with van der Waals surface area (Å²) in [6.45, 7) is 2.14. The number of carbonyl (C=O) groups excluding carboxylic acids is 2. The van der Waals surface area contributed by atoms with Gasteiger partial charge in [0, 0.05) is 41.7 Å². The quantitative estimate of drug-likeness (QED) is 0.250. The molecule has 5 aromatic rings. The average molecular weight is 653 g/mol. The molecule has 9 nitrogen and oxygen atoms in total. The number of imidazole rings is 1. The lowest BCUT2D eigenvalue weighted by Gasteiger charge is -2.41. The Morgan fingerprint density at radius 1 is 0.979 bits per heavy atom. The van der Waals surface area contributed by atoms with Crippen LogP contribution in [0.5, 0.6) is 5.75 Å². The predicted octanol–water partition coefficient (Wildman–Crippen LogP) is 5.52. The number of aliphatic carboxylic acids is 1. The molecule has 0 bridgehead atoms. The molecule has 47 heavy (non-hydrogen) atoms. The number of aromatic nitrogens is 3. The van der Waals surface area contributed by atoms with Crippen molar-refractivity contribution >= 4 is 46.2 Å². The summed E-state index contributed by atoms with van der Waals surface area (Å²) >= 11 is 0. The summed E-state index contributed by atoms with van der Waals surface area (Å²) in [5.74, 6) is 0.815. The number of hydrogen-bond acceptors (Lipinski definition) is 6. The molecule has 0 unspecified atom stereocenters. The van der Waals surface area contributed by atoms with E-state index in [9.17, 15) is 14.7 Å². The molecule has 4 heterocycles. The highest BCUT2D eigenvalue weighted by Gasteiger charge is 2.41. The molecule has 0 spiro atoms. The van der Waals surface area contributed by atoms with Gasteiger partial charge in [-0.15, -0.1) is 12.4 Å². The van der Waals surface area contributed by atoms with Crippen LogP contribution in [0.2, 0.25) is 0 Å². The Bertz CT molecular complexity index is 1920. The minimum absolute atomic E-state index is 0. The fourth-order valence-electron chi connectivity index (χ4n) is 8.05. The highest BCUT2D eigenvalue weighted by atomic mass is 35.5. The summed E-state index contributed by atoms with van der Waals surface area (Å²) in [5.41, 5.74) is 6.35. The number of carboxylic acids is 1. The molecular weight excluding hydrogens is 614 g/mol. The molecule has 244 valence electrons. The maximum absolute atomic E-state index is 14.2. The van der Waals surface area contributed by atoms with Crippen molar-refractivity contribution in [2.24, 2.45) is 0 Å². The van der Waals surface area contributed by atoms with Gasteiger partial charge in [0.1, 0.15) is 23.7 Å². The number of ether oxygens (including phenoxy) is 1. The number of amides is 1. The molecule has 1 saturated heterocycles. The second kappa shape index (κ2) is 12.7. The zero-order chi connectivity index (χ0) is 31.3. The van der Waals surface area contributed by atoms with E-state index < -0.39 is 11.5 Å². The third-order valence-electron chi connectivity index (χ3n) is 10.4. The van der Waals surface area contributed by atoms with Crippen LogP contribution < -0.4 is 15.2 Å². The van der Waals surface area contributed by atoms with E-state index in [-0.39, 0.29) is 24.9 Å². The Kier molecular flexibility index (Phi) is 8.45. The van der Waals surface area contributed by atoms with Gasteiger partial charge in [-0.3, -0.25) is 9.69 Å². The number of piperidine rings is 1. The first-order valence-corrected chi connectivity index (χ1v) is 16.6. The van der Waals surface area contributed by atoms with Crippen molar-refractivity contribution in [3.05, 3.63) is 83.7 Å². The maximum atomic E-state index is 14.2. The van der Waals surface area contributed by atoms with E-state index in [4.69, 9.17) is 9.72 Å². The smallest absolute Gasteiger partial charge is 0.252 e. The lowest BCUT2D eigenvalue weighted by Crippen LogP contribution is -2.55. The summed E-state index contributed by atoms with van der Waals surface area (Å²) in [7, 11) is 0. The highest BCUT2D eigenvalue weighted by Crippen LogP contribution is 2.47. The molecule has 2 aliphatic heterocycles. The van der Waals surface area contributed by atoms with Crippen LogP contribution in [0.3, 0.4) is 0 Å². The number of H-pyrrole nitrogens is 1. The van der Waals surface area contributed by atoms with Crippen molar-refractivity contribution in [3.8, 4) is 17.0 Å². The lowest BCUT2D eigenvalue weighted by molar-refractivity contribution is -0.306. The molecule has 1 saturated carbocycles. The van der Waals surface area contributed by atoms with Crippen LogP contribution in [0.25, 0.3) is 33.2 Å². The number of rotatable bonds is 6. The first kappa shape index (κ1) is 31.3. The zero-order valence-corrected chi connectivity index (χ0v) is 27.1. The lowest BCUT2D eigenvalue weighted by atomic mass is 9.81. The van der Waals surface area contributed by atoms with Gasteiger partial charge in [-0.2, -0.15) is 0 Å². The molecule has 1 aliphatic carbocycles. The number of benzene rings is 3. The van der Waals surface area contributed by atoms with Crippen LogP contribution in [0, 0.1) is 0 Å².